The van der Waals surface area contributed by atoms with Crippen LogP contribution in [-0.4, -0.2) is 61.5 Å². The lowest BCUT2D eigenvalue weighted by Crippen LogP contribution is -2.43. The maximum absolute atomic E-state index is 13.0. The first kappa shape index (κ1) is 17.0. The number of ether oxygens (including phenoxy) is 3. The van der Waals surface area contributed by atoms with Crippen molar-refractivity contribution in [3.8, 4) is 11.5 Å². The first-order valence-corrected chi connectivity index (χ1v) is 8.59. The molecule has 1 saturated heterocycles. The van der Waals surface area contributed by atoms with Crippen molar-refractivity contribution in [2.24, 2.45) is 0 Å². The van der Waals surface area contributed by atoms with Crippen molar-refractivity contribution in [3.63, 3.8) is 0 Å². The van der Waals surface area contributed by atoms with Crippen LogP contribution in [0.1, 0.15) is 36.0 Å². The molecule has 1 aromatic rings. The van der Waals surface area contributed by atoms with Crippen LogP contribution >= 0.6 is 0 Å². The Balaban J connectivity index is 1.82. The zero-order valence-corrected chi connectivity index (χ0v) is 14.1. The SMILES string of the molecule is COc1ccc(C(=O)N2CCCO[C@@H]3CCC[C@H]32)cc1OCCO. The van der Waals surface area contributed by atoms with E-state index in [2.05, 4.69) is 0 Å². The van der Waals surface area contributed by atoms with Crippen LogP contribution in [0.3, 0.4) is 0 Å². The zero-order valence-electron chi connectivity index (χ0n) is 14.1. The molecule has 1 amide bonds. The minimum atomic E-state index is -0.0887. The van der Waals surface area contributed by atoms with Gasteiger partial charge in [0.1, 0.15) is 6.61 Å². The molecule has 132 valence electrons. The normalized spacial score (nSPS) is 23.5. The van der Waals surface area contributed by atoms with Crippen molar-refractivity contribution in [1.29, 1.82) is 0 Å². The molecule has 6 heteroatoms. The molecular weight excluding hydrogens is 310 g/mol. The van der Waals surface area contributed by atoms with E-state index in [1.807, 2.05) is 4.90 Å². The minimum absolute atomic E-state index is 0.00824. The van der Waals surface area contributed by atoms with Gasteiger partial charge in [-0.2, -0.15) is 0 Å². The van der Waals surface area contributed by atoms with Crippen molar-refractivity contribution in [1.82, 2.24) is 4.90 Å². The van der Waals surface area contributed by atoms with Crippen molar-refractivity contribution >= 4 is 5.91 Å². The van der Waals surface area contributed by atoms with Crippen LogP contribution in [-0.2, 0) is 4.74 Å². The van der Waals surface area contributed by atoms with Gasteiger partial charge < -0.3 is 24.2 Å². The number of benzene rings is 1. The van der Waals surface area contributed by atoms with E-state index in [4.69, 9.17) is 19.3 Å². The molecule has 1 N–H and O–H groups in total. The fraction of sp³-hybridized carbons (Fsp3) is 0.611. The molecule has 1 aliphatic heterocycles. The smallest absolute Gasteiger partial charge is 0.254 e. The van der Waals surface area contributed by atoms with Crippen molar-refractivity contribution in [3.05, 3.63) is 23.8 Å². The van der Waals surface area contributed by atoms with E-state index in [1.165, 1.54) is 0 Å². The summed E-state index contributed by atoms with van der Waals surface area (Å²) in [5.74, 6) is 1.04. The third-order valence-corrected chi connectivity index (χ3v) is 4.71. The largest absolute Gasteiger partial charge is 0.493 e. The third-order valence-electron chi connectivity index (χ3n) is 4.71. The first-order valence-electron chi connectivity index (χ1n) is 8.59. The van der Waals surface area contributed by atoms with E-state index in [9.17, 15) is 4.79 Å². The summed E-state index contributed by atoms with van der Waals surface area (Å²) in [5, 5.41) is 8.95. The van der Waals surface area contributed by atoms with Gasteiger partial charge in [-0.3, -0.25) is 4.79 Å². The van der Waals surface area contributed by atoms with E-state index < -0.39 is 0 Å². The molecule has 2 atom stereocenters. The van der Waals surface area contributed by atoms with Crippen LogP contribution in [0.4, 0.5) is 0 Å². The van der Waals surface area contributed by atoms with Crippen LogP contribution in [0.15, 0.2) is 18.2 Å². The molecule has 0 unspecified atom stereocenters. The standard InChI is InChI=1S/C18H25NO5/c1-22-16-7-6-13(12-17(16)24-11-9-20)18(21)19-8-3-10-23-15-5-2-4-14(15)19/h6-7,12,14-15,20H,2-5,8-11H2,1H3/t14-,15-/m1/s1. The van der Waals surface area contributed by atoms with E-state index in [-0.39, 0.29) is 31.3 Å². The molecule has 0 bridgehead atoms. The number of nitrogens with zero attached hydrogens (tertiary/aromatic N) is 1. The highest BCUT2D eigenvalue weighted by Crippen LogP contribution is 2.32. The number of carbonyl (C=O) groups excluding carboxylic acids is 1. The summed E-state index contributed by atoms with van der Waals surface area (Å²) in [6.07, 6.45) is 4.16. The predicted octanol–water partition coefficient (Wildman–Crippen LogP) is 1.85. The average Bonchev–Trinajstić information content (AvgIpc) is 2.98. The molecule has 1 aromatic carbocycles. The van der Waals surface area contributed by atoms with Crippen LogP contribution in [0.2, 0.25) is 0 Å². The van der Waals surface area contributed by atoms with Gasteiger partial charge in [-0.25, -0.2) is 0 Å². The minimum Gasteiger partial charge on any atom is -0.493 e. The van der Waals surface area contributed by atoms with E-state index >= 15 is 0 Å². The van der Waals surface area contributed by atoms with E-state index in [1.54, 1.807) is 25.3 Å². The lowest BCUT2D eigenvalue weighted by Gasteiger charge is -2.30. The monoisotopic (exact) mass is 335 g/mol. The van der Waals surface area contributed by atoms with Gasteiger partial charge in [-0.1, -0.05) is 0 Å². The van der Waals surface area contributed by atoms with Crippen LogP contribution in [0.25, 0.3) is 0 Å². The Labute approximate surface area is 142 Å². The van der Waals surface area contributed by atoms with E-state index in [0.29, 0.717) is 17.1 Å². The average molecular weight is 335 g/mol. The van der Waals surface area contributed by atoms with Crippen molar-refractivity contribution < 1.29 is 24.1 Å². The summed E-state index contributed by atoms with van der Waals surface area (Å²) in [6.45, 7) is 1.52. The zero-order chi connectivity index (χ0) is 16.9. The third kappa shape index (κ3) is 3.49. The lowest BCUT2D eigenvalue weighted by atomic mass is 10.1. The number of hydrogen-bond acceptors (Lipinski definition) is 5. The predicted molar refractivity (Wildman–Crippen MR) is 88.6 cm³/mol. The Morgan fingerprint density at radius 2 is 2.21 bits per heavy atom. The fourth-order valence-electron chi connectivity index (χ4n) is 3.59. The molecule has 0 spiro atoms. The topological polar surface area (TPSA) is 68.2 Å². The first-order chi connectivity index (χ1) is 11.7. The van der Waals surface area contributed by atoms with Crippen LogP contribution in [0, 0.1) is 0 Å². The Morgan fingerprint density at radius 1 is 1.33 bits per heavy atom. The molecule has 1 saturated carbocycles. The lowest BCUT2D eigenvalue weighted by molar-refractivity contribution is 0.0296. The van der Waals surface area contributed by atoms with Gasteiger partial charge in [-0.05, 0) is 43.9 Å². The van der Waals surface area contributed by atoms with Gasteiger partial charge in [0.05, 0.1) is 25.9 Å². The molecule has 2 fully saturated rings. The second kappa shape index (κ2) is 7.85. The highest BCUT2D eigenvalue weighted by atomic mass is 16.5. The Morgan fingerprint density at radius 3 is 3.00 bits per heavy atom. The van der Waals surface area contributed by atoms with Gasteiger partial charge in [0.25, 0.3) is 5.91 Å². The maximum atomic E-state index is 13.0. The summed E-state index contributed by atoms with van der Waals surface area (Å²) >= 11 is 0. The molecule has 1 heterocycles. The molecule has 3 rings (SSSR count). The number of hydrogen-bond donors (Lipinski definition) is 1. The van der Waals surface area contributed by atoms with Crippen molar-refractivity contribution in [2.45, 2.75) is 37.8 Å². The molecule has 6 nitrogen and oxygen atoms in total. The van der Waals surface area contributed by atoms with Gasteiger partial charge in [0.15, 0.2) is 11.5 Å². The summed E-state index contributed by atoms with van der Waals surface area (Å²) in [6, 6.07) is 5.37. The summed E-state index contributed by atoms with van der Waals surface area (Å²) in [5.41, 5.74) is 0.580. The molecule has 0 radical (unpaired) electrons. The number of aliphatic hydroxyl groups excluding tert-OH is 1. The fourth-order valence-corrected chi connectivity index (χ4v) is 3.59. The van der Waals surface area contributed by atoms with Gasteiger partial charge in [-0.15, -0.1) is 0 Å². The number of amides is 1. The number of carbonyl (C=O) groups is 1. The number of aliphatic hydroxyl groups is 1. The van der Waals surface area contributed by atoms with Gasteiger partial charge >= 0.3 is 0 Å². The second-order valence-corrected chi connectivity index (χ2v) is 6.20. The second-order valence-electron chi connectivity index (χ2n) is 6.20. The summed E-state index contributed by atoms with van der Waals surface area (Å²) < 4.78 is 16.6. The molecule has 1 aliphatic carbocycles. The Kier molecular flexibility index (Phi) is 5.58. The van der Waals surface area contributed by atoms with Gasteiger partial charge in [0.2, 0.25) is 0 Å². The van der Waals surface area contributed by atoms with Gasteiger partial charge in [0, 0.05) is 18.7 Å². The highest BCUT2D eigenvalue weighted by Gasteiger charge is 2.37. The Bertz CT molecular complexity index is 577. The molecule has 24 heavy (non-hydrogen) atoms. The highest BCUT2D eigenvalue weighted by molar-refractivity contribution is 5.95. The number of rotatable bonds is 5. The van der Waals surface area contributed by atoms with Crippen molar-refractivity contribution in [2.75, 3.05) is 33.5 Å². The van der Waals surface area contributed by atoms with E-state index in [0.717, 1.165) is 38.8 Å². The van der Waals surface area contributed by atoms with Crippen LogP contribution in [0.5, 0.6) is 11.5 Å². The molecule has 0 aromatic heterocycles. The van der Waals surface area contributed by atoms with Crippen LogP contribution < -0.4 is 9.47 Å². The molecule has 2 aliphatic rings. The quantitative estimate of drug-likeness (QED) is 0.889. The number of methoxy groups -OCH3 is 1. The summed E-state index contributed by atoms with van der Waals surface area (Å²) in [7, 11) is 1.55. The summed E-state index contributed by atoms with van der Waals surface area (Å²) in [4.78, 5) is 15.0. The Hall–Kier alpha value is -1.79. The molecular formula is C18H25NO5. The number of fused-ring (bicyclic) bond motifs is 1. The maximum Gasteiger partial charge on any atom is 0.254 e.